The highest BCUT2D eigenvalue weighted by Crippen LogP contribution is 2.11. The third-order valence-electron chi connectivity index (χ3n) is 1.98. The Hall–Kier alpha value is -0.450. The Labute approximate surface area is 82.8 Å². The molecule has 74 valence electrons. The smallest absolute Gasteiger partial charge is 0.0795 e. The quantitative estimate of drug-likeness (QED) is 0.755. The molecular weight excluding hydrogens is 184 g/mol. The average Bonchev–Trinajstić information content (AvgIpc) is 2.66. The number of nitrogens with zero attached hydrogens (tertiary/aromatic N) is 1. The predicted octanol–water partition coefficient (Wildman–Crippen LogP) is 1.42. The minimum absolute atomic E-state index is 0.233. The van der Waals surface area contributed by atoms with Gasteiger partial charge in [-0.2, -0.15) is 0 Å². The van der Waals surface area contributed by atoms with Gasteiger partial charge in [0.05, 0.1) is 11.2 Å². The van der Waals surface area contributed by atoms with Gasteiger partial charge in [-0.25, -0.2) is 4.98 Å². The summed E-state index contributed by atoms with van der Waals surface area (Å²) in [6.45, 7) is 5.16. The van der Waals surface area contributed by atoms with Gasteiger partial charge < -0.3 is 10.4 Å². The molecule has 1 aromatic rings. The van der Waals surface area contributed by atoms with Gasteiger partial charge in [0, 0.05) is 24.6 Å². The molecule has 1 aromatic heterocycles. The maximum absolute atomic E-state index is 8.82. The lowest BCUT2D eigenvalue weighted by molar-refractivity contribution is 0.231. The second kappa shape index (κ2) is 5.32. The SMILES string of the molecule is CC(CO)CNC(C)c1cscn1. The van der Waals surface area contributed by atoms with E-state index >= 15 is 0 Å². The molecule has 0 aromatic carbocycles. The highest BCUT2D eigenvalue weighted by molar-refractivity contribution is 7.07. The molecule has 3 nitrogen and oxygen atoms in total. The lowest BCUT2D eigenvalue weighted by atomic mass is 10.2. The molecule has 0 amide bonds. The number of rotatable bonds is 5. The van der Waals surface area contributed by atoms with Crippen molar-refractivity contribution in [3.8, 4) is 0 Å². The Kier molecular flexibility index (Phi) is 4.35. The zero-order chi connectivity index (χ0) is 9.68. The van der Waals surface area contributed by atoms with Crippen LogP contribution in [0.3, 0.4) is 0 Å². The van der Waals surface area contributed by atoms with Crippen molar-refractivity contribution in [1.29, 1.82) is 0 Å². The number of hydrogen-bond donors (Lipinski definition) is 2. The Bertz CT molecular complexity index is 226. The van der Waals surface area contributed by atoms with Gasteiger partial charge in [0.25, 0.3) is 0 Å². The summed E-state index contributed by atoms with van der Waals surface area (Å²) in [6, 6.07) is 0.278. The molecule has 0 aliphatic heterocycles. The molecule has 2 unspecified atom stereocenters. The summed E-state index contributed by atoms with van der Waals surface area (Å²) in [6.07, 6.45) is 0. The average molecular weight is 200 g/mol. The van der Waals surface area contributed by atoms with Crippen LogP contribution in [0.25, 0.3) is 0 Å². The maximum Gasteiger partial charge on any atom is 0.0795 e. The van der Waals surface area contributed by atoms with Gasteiger partial charge in [0.2, 0.25) is 0 Å². The Balaban J connectivity index is 2.30. The second-order valence-corrected chi connectivity index (χ2v) is 4.05. The Morgan fingerprint density at radius 2 is 2.38 bits per heavy atom. The first-order valence-electron chi connectivity index (χ1n) is 4.46. The molecule has 0 saturated heterocycles. The molecule has 0 bridgehead atoms. The van der Waals surface area contributed by atoms with E-state index in [4.69, 9.17) is 5.11 Å². The number of nitrogens with one attached hydrogen (secondary N) is 1. The van der Waals surface area contributed by atoms with E-state index in [0.29, 0.717) is 5.92 Å². The normalized spacial score (nSPS) is 15.6. The number of thiazole rings is 1. The molecule has 1 heterocycles. The molecule has 2 N–H and O–H groups in total. The van der Waals surface area contributed by atoms with E-state index in [0.717, 1.165) is 12.2 Å². The van der Waals surface area contributed by atoms with E-state index in [1.807, 2.05) is 17.8 Å². The monoisotopic (exact) mass is 200 g/mol. The number of aliphatic hydroxyl groups excluding tert-OH is 1. The summed E-state index contributed by atoms with van der Waals surface area (Å²) >= 11 is 1.61. The summed E-state index contributed by atoms with van der Waals surface area (Å²) < 4.78 is 0. The maximum atomic E-state index is 8.82. The molecule has 4 heteroatoms. The summed E-state index contributed by atoms with van der Waals surface area (Å²) in [4.78, 5) is 4.21. The van der Waals surface area contributed by atoms with E-state index < -0.39 is 0 Å². The van der Waals surface area contributed by atoms with Gasteiger partial charge >= 0.3 is 0 Å². The van der Waals surface area contributed by atoms with Crippen LogP contribution in [0.1, 0.15) is 25.6 Å². The van der Waals surface area contributed by atoms with Crippen LogP contribution >= 0.6 is 11.3 Å². The van der Waals surface area contributed by atoms with E-state index in [9.17, 15) is 0 Å². The molecule has 0 saturated carbocycles. The van der Waals surface area contributed by atoms with Crippen molar-refractivity contribution >= 4 is 11.3 Å². The molecule has 1 rings (SSSR count). The fraction of sp³-hybridized carbons (Fsp3) is 0.667. The van der Waals surface area contributed by atoms with Crippen LogP contribution in [0, 0.1) is 5.92 Å². The van der Waals surface area contributed by atoms with Gasteiger partial charge in [0.15, 0.2) is 0 Å². The van der Waals surface area contributed by atoms with Crippen LogP contribution < -0.4 is 5.32 Å². The zero-order valence-electron chi connectivity index (χ0n) is 8.03. The standard InChI is InChI=1S/C9H16N2OS/c1-7(4-12)3-10-8(2)9-5-13-6-11-9/h5-8,10,12H,3-4H2,1-2H3. The summed E-state index contributed by atoms with van der Waals surface area (Å²) in [5.41, 5.74) is 2.92. The molecule has 0 fully saturated rings. The van der Waals surface area contributed by atoms with Crippen molar-refractivity contribution < 1.29 is 5.11 Å². The first-order chi connectivity index (χ1) is 6.24. The van der Waals surface area contributed by atoms with Crippen LogP contribution in [0.15, 0.2) is 10.9 Å². The highest BCUT2D eigenvalue weighted by Gasteiger charge is 2.07. The Morgan fingerprint density at radius 3 is 2.92 bits per heavy atom. The van der Waals surface area contributed by atoms with Gasteiger partial charge in [-0.15, -0.1) is 11.3 Å². The largest absolute Gasteiger partial charge is 0.396 e. The van der Waals surface area contributed by atoms with E-state index in [1.165, 1.54) is 0 Å². The van der Waals surface area contributed by atoms with E-state index in [1.54, 1.807) is 11.3 Å². The molecule has 0 aliphatic rings. The lowest BCUT2D eigenvalue weighted by Crippen LogP contribution is -2.26. The van der Waals surface area contributed by atoms with Crippen molar-refractivity contribution in [3.63, 3.8) is 0 Å². The third kappa shape index (κ3) is 3.42. The molecular formula is C9H16N2OS. The van der Waals surface area contributed by atoms with Crippen molar-refractivity contribution in [1.82, 2.24) is 10.3 Å². The number of aromatic nitrogens is 1. The topological polar surface area (TPSA) is 45.1 Å². The van der Waals surface area contributed by atoms with Crippen molar-refractivity contribution in [3.05, 3.63) is 16.6 Å². The molecule has 0 aliphatic carbocycles. The predicted molar refractivity (Wildman–Crippen MR) is 54.8 cm³/mol. The fourth-order valence-electron chi connectivity index (χ4n) is 0.983. The molecule has 0 radical (unpaired) electrons. The van der Waals surface area contributed by atoms with E-state index in [-0.39, 0.29) is 12.6 Å². The minimum Gasteiger partial charge on any atom is -0.396 e. The highest BCUT2D eigenvalue weighted by atomic mass is 32.1. The van der Waals surface area contributed by atoms with Crippen LogP contribution in [0.2, 0.25) is 0 Å². The number of aliphatic hydroxyl groups is 1. The van der Waals surface area contributed by atoms with Crippen LogP contribution in [-0.4, -0.2) is 23.2 Å². The van der Waals surface area contributed by atoms with Crippen LogP contribution in [0.4, 0.5) is 0 Å². The van der Waals surface area contributed by atoms with Gasteiger partial charge in [-0.1, -0.05) is 6.92 Å². The van der Waals surface area contributed by atoms with Gasteiger partial charge in [-0.05, 0) is 12.8 Å². The second-order valence-electron chi connectivity index (χ2n) is 3.33. The van der Waals surface area contributed by atoms with Crippen LogP contribution in [0.5, 0.6) is 0 Å². The first-order valence-corrected chi connectivity index (χ1v) is 5.40. The van der Waals surface area contributed by atoms with Crippen molar-refractivity contribution in [2.75, 3.05) is 13.2 Å². The van der Waals surface area contributed by atoms with Crippen molar-refractivity contribution in [2.24, 2.45) is 5.92 Å². The summed E-state index contributed by atoms with van der Waals surface area (Å²) in [7, 11) is 0. The van der Waals surface area contributed by atoms with E-state index in [2.05, 4.69) is 17.2 Å². The fourth-order valence-corrected chi connectivity index (χ4v) is 1.63. The minimum atomic E-state index is 0.233. The number of hydrogen-bond acceptors (Lipinski definition) is 4. The molecule has 2 atom stereocenters. The molecule has 13 heavy (non-hydrogen) atoms. The molecule has 0 spiro atoms. The lowest BCUT2D eigenvalue weighted by Gasteiger charge is -2.14. The first kappa shape index (κ1) is 10.6. The van der Waals surface area contributed by atoms with Crippen LogP contribution in [-0.2, 0) is 0 Å². The van der Waals surface area contributed by atoms with Gasteiger partial charge in [0.1, 0.15) is 0 Å². The van der Waals surface area contributed by atoms with Crippen molar-refractivity contribution in [2.45, 2.75) is 19.9 Å². The third-order valence-corrected chi connectivity index (χ3v) is 2.58. The summed E-state index contributed by atoms with van der Waals surface area (Å²) in [5.74, 6) is 0.307. The van der Waals surface area contributed by atoms with Gasteiger partial charge in [-0.3, -0.25) is 0 Å². The summed E-state index contributed by atoms with van der Waals surface area (Å²) in [5, 5.41) is 14.2. The Morgan fingerprint density at radius 1 is 1.62 bits per heavy atom. The zero-order valence-corrected chi connectivity index (χ0v) is 8.84.